The van der Waals surface area contributed by atoms with Gasteiger partial charge in [0.15, 0.2) is 0 Å². The Morgan fingerprint density at radius 3 is 2.70 bits per heavy atom. The van der Waals surface area contributed by atoms with Gasteiger partial charge in [-0.05, 0) is 49.6 Å². The lowest BCUT2D eigenvalue weighted by molar-refractivity contribution is -0.113. The van der Waals surface area contributed by atoms with Crippen molar-refractivity contribution < 1.29 is 9.53 Å². The zero-order chi connectivity index (χ0) is 15.1. The average molecular weight is 296 g/mol. The van der Waals surface area contributed by atoms with Crippen molar-refractivity contribution in [3.63, 3.8) is 0 Å². The van der Waals surface area contributed by atoms with Crippen LogP contribution in [0.4, 0.5) is 11.4 Å². The fraction of sp³-hybridized carbons (Fsp3) is 0.533. The molecule has 1 aromatic carbocycles. The third-order valence-electron chi connectivity index (χ3n) is 3.17. The molecule has 0 aliphatic rings. The number of nitrogen functional groups attached to an aromatic ring is 1. The molecule has 4 nitrogen and oxygen atoms in total. The number of nitrogens with two attached hydrogens (primary N) is 1. The highest BCUT2D eigenvalue weighted by molar-refractivity contribution is 7.99. The molecule has 0 bridgehead atoms. The van der Waals surface area contributed by atoms with Gasteiger partial charge >= 0.3 is 0 Å². The summed E-state index contributed by atoms with van der Waals surface area (Å²) in [4.78, 5) is 11.9. The van der Waals surface area contributed by atoms with Crippen LogP contribution in [0.3, 0.4) is 0 Å². The Morgan fingerprint density at radius 1 is 1.35 bits per heavy atom. The maximum Gasteiger partial charge on any atom is 0.234 e. The summed E-state index contributed by atoms with van der Waals surface area (Å²) >= 11 is 1.62. The van der Waals surface area contributed by atoms with E-state index in [0.29, 0.717) is 5.75 Å². The predicted molar refractivity (Wildman–Crippen MR) is 87.5 cm³/mol. The molecule has 1 aromatic rings. The maximum absolute atomic E-state index is 11.9. The molecule has 0 spiro atoms. The molecule has 0 atom stereocenters. The molecule has 0 saturated carbocycles. The highest BCUT2D eigenvalue weighted by Gasteiger charge is 2.11. The van der Waals surface area contributed by atoms with Gasteiger partial charge in [0.25, 0.3) is 0 Å². The van der Waals surface area contributed by atoms with Gasteiger partial charge in [0, 0.05) is 25.1 Å². The van der Waals surface area contributed by atoms with Gasteiger partial charge in [0.05, 0.1) is 5.75 Å². The van der Waals surface area contributed by atoms with Crippen molar-refractivity contribution in [2.24, 2.45) is 0 Å². The number of hydrogen-bond donors (Lipinski definition) is 2. The maximum atomic E-state index is 11.9. The standard InChI is InChI=1S/C15H24N2O2S/c1-10-8-11(2)15(12(3)14(10)16)17-13(18)9-20-7-5-6-19-4/h8H,5-7,9,16H2,1-4H3,(H,17,18). The van der Waals surface area contributed by atoms with E-state index in [1.165, 1.54) is 0 Å². The lowest BCUT2D eigenvalue weighted by atomic mass is 10.0. The fourth-order valence-electron chi connectivity index (χ4n) is 2.04. The monoisotopic (exact) mass is 296 g/mol. The number of ether oxygens (including phenoxy) is 1. The van der Waals surface area contributed by atoms with Crippen LogP contribution in [0.1, 0.15) is 23.1 Å². The zero-order valence-corrected chi connectivity index (χ0v) is 13.5. The molecule has 0 fully saturated rings. The van der Waals surface area contributed by atoms with Crippen molar-refractivity contribution in [3.8, 4) is 0 Å². The smallest absolute Gasteiger partial charge is 0.234 e. The fourth-order valence-corrected chi connectivity index (χ4v) is 2.76. The van der Waals surface area contributed by atoms with E-state index in [1.54, 1.807) is 18.9 Å². The quantitative estimate of drug-likeness (QED) is 0.600. The second-order valence-corrected chi connectivity index (χ2v) is 5.98. The van der Waals surface area contributed by atoms with Crippen LogP contribution in [0.2, 0.25) is 0 Å². The third-order valence-corrected chi connectivity index (χ3v) is 4.21. The van der Waals surface area contributed by atoms with Gasteiger partial charge in [-0.25, -0.2) is 0 Å². The molecule has 0 saturated heterocycles. The van der Waals surface area contributed by atoms with E-state index in [-0.39, 0.29) is 5.91 Å². The normalized spacial score (nSPS) is 10.6. The zero-order valence-electron chi connectivity index (χ0n) is 12.7. The summed E-state index contributed by atoms with van der Waals surface area (Å²) in [6.45, 7) is 6.64. The Hall–Kier alpha value is -1.20. The Bertz CT molecular complexity index is 475. The Balaban J connectivity index is 2.56. The van der Waals surface area contributed by atoms with E-state index in [9.17, 15) is 4.79 Å². The van der Waals surface area contributed by atoms with Crippen molar-refractivity contribution in [1.29, 1.82) is 0 Å². The molecule has 0 heterocycles. The van der Waals surface area contributed by atoms with Crippen molar-refractivity contribution in [2.75, 3.05) is 36.3 Å². The number of nitrogens with one attached hydrogen (secondary N) is 1. The number of hydrogen-bond acceptors (Lipinski definition) is 4. The van der Waals surface area contributed by atoms with Crippen LogP contribution in [0.25, 0.3) is 0 Å². The molecule has 0 unspecified atom stereocenters. The van der Waals surface area contributed by atoms with Crippen LogP contribution in [0.5, 0.6) is 0 Å². The third kappa shape index (κ3) is 4.72. The predicted octanol–water partition coefficient (Wildman–Crippen LogP) is 2.90. The lowest BCUT2D eigenvalue weighted by Gasteiger charge is -2.15. The molecule has 20 heavy (non-hydrogen) atoms. The van der Waals surface area contributed by atoms with Gasteiger partial charge < -0.3 is 15.8 Å². The van der Waals surface area contributed by atoms with Crippen LogP contribution in [-0.4, -0.2) is 31.1 Å². The van der Waals surface area contributed by atoms with Crippen LogP contribution in [0, 0.1) is 20.8 Å². The first kappa shape index (κ1) is 16.9. The first-order chi connectivity index (χ1) is 9.47. The molecule has 0 radical (unpaired) electrons. The SMILES string of the molecule is COCCCSCC(=O)Nc1c(C)cc(C)c(N)c1C. The summed E-state index contributed by atoms with van der Waals surface area (Å²) < 4.78 is 4.97. The number of aryl methyl sites for hydroxylation is 2. The van der Waals surface area contributed by atoms with Crippen molar-refractivity contribution >= 4 is 29.0 Å². The summed E-state index contributed by atoms with van der Waals surface area (Å²) in [7, 11) is 1.69. The summed E-state index contributed by atoms with van der Waals surface area (Å²) in [6, 6.07) is 2.00. The molecule has 1 rings (SSSR count). The topological polar surface area (TPSA) is 64.3 Å². The Kier molecular flexibility index (Phi) is 6.88. The molecule has 0 aromatic heterocycles. The summed E-state index contributed by atoms with van der Waals surface area (Å²) in [5.74, 6) is 1.40. The van der Waals surface area contributed by atoms with E-state index in [1.807, 2.05) is 26.8 Å². The minimum atomic E-state index is 0.0156. The van der Waals surface area contributed by atoms with Gasteiger partial charge in [-0.15, -0.1) is 0 Å². The number of rotatable bonds is 7. The second kappa shape index (κ2) is 8.17. The minimum Gasteiger partial charge on any atom is -0.398 e. The summed E-state index contributed by atoms with van der Waals surface area (Å²) in [5, 5.41) is 2.97. The minimum absolute atomic E-state index is 0.0156. The highest BCUT2D eigenvalue weighted by atomic mass is 32.2. The van der Waals surface area contributed by atoms with Gasteiger partial charge in [-0.2, -0.15) is 11.8 Å². The number of methoxy groups -OCH3 is 1. The Labute approximate surface area is 125 Å². The largest absolute Gasteiger partial charge is 0.398 e. The molecular formula is C15H24N2O2S. The number of benzene rings is 1. The molecular weight excluding hydrogens is 272 g/mol. The first-order valence-electron chi connectivity index (χ1n) is 6.70. The summed E-state index contributed by atoms with van der Waals surface area (Å²) in [5.41, 5.74) is 10.6. The lowest BCUT2D eigenvalue weighted by Crippen LogP contribution is -2.17. The molecule has 3 N–H and O–H groups in total. The highest BCUT2D eigenvalue weighted by Crippen LogP contribution is 2.28. The molecule has 112 valence electrons. The molecule has 1 amide bonds. The van der Waals surface area contributed by atoms with E-state index >= 15 is 0 Å². The van der Waals surface area contributed by atoms with Crippen LogP contribution >= 0.6 is 11.8 Å². The van der Waals surface area contributed by atoms with Gasteiger partial charge in [-0.3, -0.25) is 4.79 Å². The van der Waals surface area contributed by atoms with Crippen LogP contribution in [0.15, 0.2) is 6.07 Å². The van der Waals surface area contributed by atoms with E-state index in [4.69, 9.17) is 10.5 Å². The van der Waals surface area contributed by atoms with Gasteiger partial charge in [0.2, 0.25) is 5.91 Å². The summed E-state index contributed by atoms with van der Waals surface area (Å²) in [6.07, 6.45) is 0.962. The van der Waals surface area contributed by atoms with E-state index in [2.05, 4.69) is 5.32 Å². The van der Waals surface area contributed by atoms with Crippen molar-refractivity contribution in [3.05, 3.63) is 22.8 Å². The first-order valence-corrected chi connectivity index (χ1v) is 7.85. The number of amides is 1. The van der Waals surface area contributed by atoms with Crippen LogP contribution < -0.4 is 11.1 Å². The molecule has 5 heteroatoms. The van der Waals surface area contributed by atoms with Crippen molar-refractivity contribution in [2.45, 2.75) is 27.2 Å². The van der Waals surface area contributed by atoms with Crippen molar-refractivity contribution in [1.82, 2.24) is 0 Å². The number of thioether (sulfide) groups is 1. The van der Waals surface area contributed by atoms with E-state index < -0.39 is 0 Å². The molecule has 0 aliphatic carbocycles. The van der Waals surface area contributed by atoms with Gasteiger partial charge in [0.1, 0.15) is 0 Å². The number of carbonyl (C=O) groups is 1. The Morgan fingerprint density at radius 2 is 2.05 bits per heavy atom. The van der Waals surface area contributed by atoms with E-state index in [0.717, 1.165) is 46.8 Å². The number of anilines is 2. The second-order valence-electron chi connectivity index (χ2n) is 4.87. The van der Waals surface area contributed by atoms with Gasteiger partial charge in [-0.1, -0.05) is 6.07 Å². The van der Waals surface area contributed by atoms with Crippen LogP contribution in [-0.2, 0) is 9.53 Å². The number of carbonyl (C=O) groups excluding carboxylic acids is 1. The average Bonchev–Trinajstić information content (AvgIpc) is 2.41. The molecule has 0 aliphatic heterocycles.